The highest BCUT2D eigenvalue weighted by Crippen LogP contribution is 2.36. The van der Waals surface area contributed by atoms with E-state index in [0.717, 1.165) is 28.4 Å². The molecule has 190 valence electrons. The lowest BCUT2D eigenvalue weighted by molar-refractivity contribution is -0.131. The third-order valence-electron chi connectivity index (χ3n) is 7.04. The van der Waals surface area contributed by atoms with Gasteiger partial charge in [-0.1, -0.05) is 76.2 Å². The largest absolute Gasteiger partial charge is 0.497 e. The minimum atomic E-state index is -0.321. The lowest BCUT2D eigenvalue weighted by Crippen LogP contribution is -2.18. The quantitative estimate of drug-likeness (QED) is 0.184. The van der Waals surface area contributed by atoms with Crippen LogP contribution >= 0.6 is 0 Å². The average molecular weight is 495 g/mol. The molecule has 4 rings (SSSR count). The Balaban J connectivity index is 1.45. The van der Waals surface area contributed by atoms with Gasteiger partial charge in [-0.25, -0.2) is 0 Å². The molecule has 0 spiro atoms. The topological polar surface area (TPSA) is 44.8 Å². The van der Waals surface area contributed by atoms with Gasteiger partial charge in [0.2, 0.25) is 0 Å². The summed E-state index contributed by atoms with van der Waals surface area (Å²) in [4.78, 5) is 11.2. The SMILES string of the molecule is COc1ccc(C(C)(C)c2ccc(Oc3ccc(C(C)(C)c4ccc(OC(C)=O)cc4)cc3)cc2)cc1. The molecule has 0 aromatic heterocycles. The van der Waals surface area contributed by atoms with Gasteiger partial charge in [-0.15, -0.1) is 0 Å². The molecule has 0 saturated heterocycles. The predicted octanol–water partition coefficient (Wildman–Crippen LogP) is 8.06. The highest BCUT2D eigenvalue weighted by atomic mass is 16.5. The van der Waals surface area contributed by atoms with E-state index in [2.05, 4.69) is 64.1 Å². The Morgan fingerprint density at radius 2 is 0.811 bits per heavy atom. The Morgan fingerprint density at radius 1 is 0.514 bits per heavy atom. The van der Waals surface area contributed by atoms with E-state index in [1.807, 2.05) is 60.7 Å². The third kappa shape index (κ3) is 5.86. The maximum Gasteiger partial charge on any atom is 0.308 e. The third-order valence-corrected chi connectivity index (χ3v) is 7.04. The molecule has 4 aromatic carbocycles. The summed E-state index contributed by atoms with van der Waals surface area (Å²) in [5.74, 6) is 2.66. The van der Waals surface area contributed by atoms with Crippen molar-refractivity contribution in [3.05, 3.63) is 119 Å². The van der Waals surface area contributed by atoms with Crippen LogP contribution < -0.4 is 14.2 Å². The Bertz CT molecular complexity index is 1330. The van der Waals surface area contributed by atoms with E-state index in [-0.39, 0.29) is 16.8 Å². The van der Waals surface area contributed by atoms with E-state index in [0.29, 0.717) is 5.75 Å². The summed E-state index contributed by atoms with van der Waals surface area (Å²) in [6.07, 6.45) is 0. The summed E-state index contributed by atoms with van der Waals surface area (Å²) in [5.41, 5.74) is 4.36. The van der Waals surface area contributed by atoms with Crippen LogP contribution in [0.4, 0.5) is 0 Å². The molecule has 4 nitrogen and oxygen atoms in total. The van der Waals surface area contributed by atoms with Crippen molar-refractivity contribution in [2.24, 2.45) is 0 Å². The lowest BCUT2D eigenvalue weighted by Gasteiger charge is -2.27. The predicted molar refractivity (Wildman–Crippen MR) is 148 cm³/mol. The van der Waals surface area contributed by atoms with Crippen molar-refractivity contribution in [3.63, 3.8) is 0 Å². The summed E-state index contributed by atoms with van der Waals surface area (Å²) < 4.78 is 16.6. The van der Waals surface area contributed by atoms with Gasteiger partial charge in [-0.2, -0.15) is 0 Å². The maximum absolute atomic E-state index is 11.2. The summed E-state index contributed by atoms with van der Waals surface area (Å²) in [6, 6.07) is 32.3. The van der Waals surface area contributed by atoms with Crippen LogP contribution in [0.3, 0.4) is 0 Å². The fraction of sp³-hybridized carbons (Fsp3) is 0.242. The molecule has 0 unspecified atom stereocenters. The molecule has 0 fully saturated rings. The van der Waals surface area contributed by atoms with Gasteiger partial charge in [0.15, 0.2) is 0 Å². The van der Waals surface area contributed by atoms with Crippen molar-refractivity contribution in [1.29, 1.82) is 0 Å². The van der Waals surface area contributed by atoms with Crippen molar-refractivity contribution in [1.82, 2.24) is 0 Å². The number of benzene rings is 4. The minimum absolute atomic E-state index is 0.144. The second-order valence-corrected chi connectivity index (χ2v) is 10.2. The van der Waals surface area contributed by atoms with E-state index in [1.165, 1.54) is 18.1 Å². The molecule has 4 heteroatoms. The summed E-state index contributed by atoms with van der Waals surface area (Å²) >= 11 is 0. The zero-order chi connectivity index (χ0) is 26.6. The zero-order valence-corrected chi connectivity index (χ0v) is 22.4. The number of carbonyl (C=O) groups is 1. The van der Waals surface area contributed by atoms with Gasteiger partial charge >= 0.3 is 5.97 Å². The zero-order valence-electron chi connectivity index (χ0n) is 22.4. The molecule has 0 aliphatic heterocycles. The van der Waals surface area contributed by atoms with E-state index < -0.39 is 0 Å². The van der Waals surface area contributed by atoms with Crippen molar-refractivity contribution < 1.29 is 19.0 Å². The van der Waals surface area contributed by atoms with Gasteiger partial charge in [0.25, 0.3) is 0 Å². The fourth-order valence-electron chi connectivity index (χ4n) is 4.46. The molecule has 0 aliphatic carbocycles. The van der Waals surface area contributed by atoms with Crippen molar-refractivity contribution >= 4 is 5.97 Å². The molecule has 0 heterocycles. The van der Waals surface area contributed by atoms with Crippen LogP contribution in [0.15, 0.2) is 97.1 Å². The number of hydrogen-bond acceptors (Lipinski definition) is 4. The molecular weight excluding hydrogens is 460 g/mol. The number of carbonyl (C=O) groups excluding carboxylic acids is 1. The standard InChI is InChI=1S/C33H34O4/c1-23(34)36-29-17-9-25(10-18-29)33(4,5)27-13-21-31(22-14-27)37-30-19-11-26(12-20-30)32(2,3)24-7-15-28(35-6)16-8-24/h7-22H,1-6H3. The first-order valence-electron chi connectivity index (χ1n) is 12.4. The van der Waals surface area contributed by atoms with Crippen LogP contribution in [0, 0.1) is 0 Å². The smallest absolute Gasteiger partial charge is 0.308 e. The number of methoxy groups -OCH3 is 1. The van der Waals surface area contributed by atoms with Gasteiger partial charge < -0.3 is 14.2 Å². The molecule has 37 heavy (non-hydrogen) atoms. The van der Waals surface area contributed by atoms with Crippen LogP contribution in [0.1, 0.15) is 56.9 Å². The Hall–Kier alpha value is -4.05. The monoisotopic (exact) mass is 494 g/mol. The molecule has 0 aliphatic rings. The van der Waals surface area contributed by atoms with E-state index >= 15 is 0 Å². The summed E-state index contributed by atoms with van der Waals surface area (Å²) in [7, 11) is 1.68. The van der Waals surface area contributed by atoms with Crippen LogP contribution in [0.25, 0.3) is 0 Å². The van der Waals surface area contributed by atoms with Crippen molar-refractivity contribution in [2.75, 3.05) is 7.11 Å². The van der Waals surface area contributed by atoms with Crippen molar-refractivity contribution in [3.8, 4) is 23.0 Å². The molecule has 0 atom stereocenters. The number of hydrogen-bond donors (Lipinski definition) is 0. The maximum atomic E-state index is 11.2. The average Bonchev–Trinajstić information content (AvgIpc) is 2.89. The number of esters is 1. The molecule has 4 aromatic rings. The normalized spacial score (nSPS) is 11.6. The Kier molecular flexibility index (Phi) is 7.40. The second kappa shape index (κ2) is 10.5. The first kappa shape index (κ1) is 26.0. The number of ether oxygens (including phenoxy) is 3. The second-order valence-electron chi connectivity index (χ2n) is 10.2. The molecule has 0 radical (unpaired) electrons. The highest BCUT2D eigenvalue weighted by molar-refractivity contribution is 5.69. The van der Waals surface area contributed by atoms with Gasteiger partial charge in [0.1, 0.15) is 23.0 Å². The van der Waals surface area contributed by atoms with Gasteiger partial charge in [-0.05, 0) is 70.8 Å². The van der Waals surface area contributed by atoms with Crippen LogP contribution in [0.5, 0.6) is 23.0 Å². The Morgan fingerprint density at radius 3 is 1.11 bits per heavy atom. The van der Waals surface area contributed by atoms with Crippen LogP contribution in [-0.2, 0) is 15.6 Å². The Labute approximate surface area is 219 Å². The molecule has 0 N–H and O–H groups in total. The first-order valence-corrected chi connectivity index (χ1v) is 12.4. The van der Waals surface area contributed by atoms with Gasteiger partial charge in [0.05, 0.1) is 7.11 Å². The van der Waals surface area contributed by atoms with Crippen LogP contribution in [-0.4, -0.2) is 13.1 Å². The minimum Gasteiger partial charge on any atom is -0.497 e. The van der Waals surface area contributed by atoms with Gasteiger partial charge in [0, 0.05) is 17.8 Å². The fourth-order valence-corrected chi connectivity index (χ4v) is 4.46. The highest BCUT2D eigenvalue weighted by Gasteiger charge is 2.24. The summed E-state index contributed by atoms with van der Waals surface area (Å²) in [5, 5.41) is 0. The van der Waals surface area contributed by atoms with Crippen LogP contribution in [0.2, 0.25) is 0 Å². The van der Waals surface area contributed by atoms with Gasteiger partial charge in [-0.3, -0.25) is 4.79 Å². The molecule has 0 saturated carbocycles. The molecular formula is C33H34O4. The molecule has 0 amide bonds. The first-order chi connectivity index (χ1) is 17.6. The summed E-state index contributed by atoms with van der Waals surface area (Å²) in [6.45, 7) is 10.2. The van der Waals surface area contributed by atoms with Crippen molar-refractivity contribution in [2.45, 2.75) is 45.4 Å². The lowest BCUT2D eigenvalue weighted by atomic mass is 9.78. The van der Waals surface area contributed by atoms with E-state index in [9.17, 15) is 4.79 Å². The molecule has 0 bridgehead atoms. The van der Waals surface area contributed by atoms with E-state index in [4.69, 9.17) is 14.2 Å². The van der Waals surface area contributed by atoms with E-state index in [1.54, 1.807) is 7.11 Å². The number of rotatable bonds is 8.